The standard InChI is InChI=1S/C23H14FN7/c24-16-3-1-13(2-4-16)17-5-6-27-22-18(17)8-20(29-22)21-19-7-14(11-28-23(19)31-30-21)15-9-25-12-26-10-15/h1-12H,(H,27,29)(H,28,30,31). The molecular formula is C23H14FN7. The lowest BCUT2D eigenvalue weighted by atomic mass is 10.0. The summed E-state index contributed by atoms with van der Waals surface area (Å²) >= 11 is 0. The monoisotopic (exact) mass is 407 g/mol. The van der Waals surface area contributed by atoms with Crippen molar-refractivity contribution in [2.24, 2.45) is 0 Å². The molecule has 0 unspecified atom stereocenters. The molecule has 7 nitrogen and oxygen atoms in total. The lowest BCUT2D eigenvalue weighted by molar-refractivity contribution is 0.628. The third kappa shape index (κ3) is 2.93. The molecule has 5 heterocycles. The highest BCUT2D eigenvalue weighted by Crippen LogP contribution is 2.33. The Morgan fingerprint density at radius 2 is 1.58 bits per heavy atom. The Bertz CT molecular complexity index is 1540. The maximum Gasteiger partial charge on any atom is 0.155 e. The molecule has 0 spiro atoms. The van der Waals surface area contributed by atoms with E-state index in [2.05, 4.69) is 35.1 Å². The number of fused-ring (bicyclic) bond motifs is 2. The van der Waals surface area contributed by atoms with Crippen molar-refractivity contribution in [3.8, 4) is 33.6 Å². The molecule has 0 aliphatic heterocycles. The Hall–Kier alpha value is -4.46. The molecule has 0 saturated heterocycles. The Morgan fingerprint density at radius 3 is 2.42 bits per heavy atom. The van der Waals surface area contributed by atoms with Crippen LogP contribution in [0, 0.1) is 5.82 Å². The molecule has 8 heteroatoms. The van der Waals surface area contributed by atoms with E-state index in [4.69, 9.17) is 0 Å². The summed E-state index contributed by atoms with van der Waals surface area (Å²) in [5.41, 5.74) is 6.62. The molecule has 6 aromatic rings. The van der Waals surface area contributed by atoms with Gasteiger partial charge in [-0.05, 0) is 41.5 Å². The van der Waals surface area contributed by atoms with Crippen LogP contribution in [0.4, 0.5) is 4.39 Å². The molecule has 0 bridgehead atoms. The molecule has 0 saturated carbocycles. The van der Waals surface area contributed by atoms with Crippen LogP contribution < -0.4 is 0 Å². The van der Waals surface area contributed by atoms with Gasteiger partial charge in [0.1, 0.15) is 23.5 Å². The molecule has 31 heavy (non-hydrogen) atoms. The Morgan fingerprint density at radius 1 is 0.742 bits per heavy atom. The minimum Gasteiger partial charge on any atom is -0.338 e. The largest absolute Gasteiger partial charge is 0.338 e. The van der Waals surface area contributed by atoms with E-state index in [1.165, 1.54) is 18.5 Å². The molecule has 0 radical (unpaired) electrons. The van der Waals surface area contributed by atoms with Gasteiger partial charge in [0, 0.05) is 46.7 Å². The van der Waals surface area contributed by atoms with Crippen LogP contribution in [-0.4, -0.2) is 35.1 Å². The van der Waals surface area contributed by atoms with Crippen LogP contribution in [0.25, 0.3) is 55.7 Å². The van der Waals surface area contributed by atoms with Crippen molar-refractivity contribution in [1.29, 1.82) is 0 Å². The zero-order valence-corrected chi connectivity index (χ0v) is 16.0. The summed E-state index contributed by atoms with van der Waals surface area (Å²) in [6, 6.07) is 12.4. The van der Waals surface area contributed by atoms with Crippen molar-refractivity contribution in [3.05, 3.63) is 79.4 Å². The van der Waals surface area contributed by atoms with E-state index in [1.54, 1.807) is 36.9 Å². The van der Waals surface area contributed by atoms with Crippen LogP contribution in [0.2, 0.25) is 0 Å². The average Bonchev–Trinajstić information content (AvgIpc) is 3.43. The third-order valence-corrected chi connectivity index (χ3v) is 5.25. The average molecular weight is 407 g/mol. The van der Waals surface area contributed by atoms with Crippen LogP contribution in [0.3, 0.4) is 0 Å². The maximum absolute atomic E-state index is 13.4. The molecule has 0 aliphatic carbocycles. The first-order valence-corrected chi connectivity index (χ1v) is 9.60. The smallest absolute Gasteiger partial charge is 0.155 e. The third-order valence-electron chi connectivity index (χ3n) is 5.25. The van der Waals surface area contributed by atoms with Gasteiger partial charge >= 0.3 is 0 Å². The van der Waals surface area contributed by atoms with E-state index in [1.807, 2.05) is 18.2 Å². The minimum atomic E-state index is -0.265. The number of aromatic amines is 2. The molecule has 0 aliphatic rings. The zero-order valence-electron chi connectivity index (χ0n) is 16.0. The molecule has 148 valence electrons. The number of rotatable bonds is 3. The van der Waals surface area contributed by atoms with Crippen LogP contribution in [0.1, 0.15) is 0 Å². The highest BCUT2D eigenvalue weighted by molar-refractivity contribution is 5.99. The Balaban J connectivity index is 1.51. The van der Waals surface area contributed by atoms with E-state index in [9.17, 15) is 4.39 Å². The summed E-state index contributed by atoms with van der Waals surface area (Å²) < 4.78 is 13.4. The number of pyridine rings is 2. The summed E-state index contributed by atoms with van der Waals surface area (Å²) in [7, 11) is 0. The second kappa shape index (κ2) is 6.81. The van der Waals surface area contributed by atoms with Gasteiger partial charge in [0.05, 0.1) is 5.69 Å². The molecule has 0 fully saturated rings. The summed E-state index contributed by atoms with van der Waals surface area (Å²) in [5, 5.41) is 9.27. The van der Waals surface area contributed by atoms with Crippen molar-refractivity contribution in [1.82, 2.24) is 35.1 Å². The van der Waals surface area contributed by atoms with Gasteiger partial charge in [-0.2, -0.15) is 5.10 Å². The lowest BCUT2D eigenvalue weighted by Crippen LogP contribution is -1.85. The molecule has 2 N–H and O–H groups in total. The van der Waals surface area contributed by atoms with Gasteiger partial charge in [-0.3, -0.25) is 5.10 Å². The minimum absolute atomic E-state index is 0.265. The number of halogens is 1. The van der Waals surface area contributed by atoms with Gasteiger partial charge in [0.25, 0.3) is 0 Å². The summed E-state index contributed by atoms with van der Waals surface area (Å²) in [4.78, 5) is 20.5. The predicted octanol–water partition coefficient (Wildman–Crippen LogP) is 4.76. The van der Waals surface area contributed by atoms with Gasteiger partial charge in [0.2, 0.25) is 0 Å². The van der Waals surface area contributed by atoms with Crippen molar-refractivity contribution in [2.75, 3.05) is 0 Å². The molecule has 0 amide bonds. The van der Waals surface area contributed by atoms with Gasteiger partial charge < -0.3 is 4.98 Å². The van der Waals surface area contributed by atoms with Gasteiger partial charge in [-0.15, -0.1) is 0 Å². The highest BCUT2D eigenvalue weighted by Gasteiger charge is 2.15. The first-order chi connectivity index (χ1) is 15.3. The van der Waals surface area contributed by atoms with Crippen molar-refractivity contribution >= 4 is 22.1 Å². The van der Waals surface area contributed by atoms with E-state index in [0.717, 1.165) is 50.1 Å². The fourth-order valence-corrected chi connectivity index (χ4v) is 3.75. The number of H-pyrrole nitrogens is 2. The lowest BCUT2D eigenvalue weighted by Gasteiger charge is -2.02. The number of hydrogen-bond donors (Lipinski definition) is 2. The quantitative estimate of drug-likeness (QED) is 0.441. The Kier molecular flexibility index (Phi) is 3.82. The number of hydrogen-bond acceptors (Lipinski definition) is 5. The number of nitrogens with zero attached hydrogens (tertiary/aromatic N) is 5. The van der Waals surface area contributed by atoms with Crippen LogP contribution in [-0.2, 0) is 0 Å². The van der Waals surface area contributed by atoms with E-state index < -0.39 is 0 Å². The van der Waals surface area contributed by atoms with Crippen LogP contribution >= 0.6 is 0 Å². The molecule has 6 rings (SSSR count). The fraction of sp³-hybridized carbons (Fsp3) is 0. The van der Waals surface area contributed by atoms with E-state index >= 15 is 0 Å². The summed E-state index contributed by atoms with van der Waals surface area (Å²) in [6.07, 6.45) is 8.49. The Labute approximate surface area is 175 Å². The highest BCUT2D eigenvalue weighted by atomic mass is 19.1. The number of aromatic nitrogens is 7. The van der Waals surface area contributed by atoms with Crippen molar-refractivity contribution in [3.63, 3.8) is 0 Å². The van der Waals surface area contributed by atoms with Crippen LogP contribution in [0.5, 0.6) is 0 Å². The van der Waals surface area contributed by atoms with E-state index in [0.29, 0.717) is 5.65 Å². The maximum atomic E-state index is 13.4. The van der Waals surface area contributed by atoms with Crippen molar-refractivity contribution in [2.45, 2.75) is 0 Å². The normalized spacial score (nSPS) is 11.4. The topological polar surface area (TPSA) is 96.0 Å². The number of nitrogens with one attached hydrogen (secondary N) is 2. The summed E-state index contributed by atoms with van der Waals surface area (Å²) in [5.74, 6) is -0.265. The SMILES string of the molecule is Fc1ccc(-c2ccnc3[nH]c(-c4n[nH]c5ncc(-c6cncnc6)cc45)cc23)cc1. The second-order valence-corrected chi connectivity index (χ2v) is 7.13. The van der Waals surface area contributed by atoms with E-state index in [-0.39, 0.29) is 5.82 Å². The van der Waals surface area contributed by atoms with Gasteiger partial charge in [-0.1, -0.05) is 12.1 Å². The molecule has 0 atom stereocenters. The predicted molar refractivity (Wildman–Crippen MR) is 115 cm³/mol. The summed E-state index contributed by atoms with van der Waals surface area (Å²) in [6.45, 7) is 0. The van der Waals surface area contributed by atoms with Gasteiger partial charge in [0.15, 0.2) is 5.65 Å². The van der Waals surface area contributed by atoms with Gasteiger partial charge in [-0.25, -0.2) is 24.3 Å². The van der Waals surface area contributed by atoms with Crippen molar-refractivity contribution < 1.29 is 4.39 Å². The second-order valence-electron chi connectivity index (χ2n) is 7.13. The molecule has 5 aromatic heterocycles. The first-order valence-electron chi connectivity index (χ1n) is 9.60. The zero-order chi connectivity index (χ0) is 20.8. The van der Waals surface area contributed by atoms with Crippen LogP contribution in [0.15, 0.2) is 73.6 Å². The molecule has 1 aromatic carbocycles. The first kappa shape index (κ1) is 17.4. The number of benzene rings is 1. The molecular weight excluding hydrogens is 393 g/mol. The fourth-order valence-electron chi connectivity index (χ4n) is 3.75.